The summed E-state index contributed by atoms with van der Waals surface area (Å²) in [4.78, 5) is 0. The smallest absolute Gasteiger partial charge is 0.145 e. The highest BCUT2D eigenvalue weighted by molar-refractivity contribution is 6.30. The van der Waals surface area contributed by atoms with Gasteiger partial charge in [-0.15, -0.1) is 0 Å². The molecule has 1 aliphatic heterocycles. The summed E-state index contributed by atoms with van der Waals surface area (Å²) >= 11 is 5.79. The average molecular weight is 212 g/mol. The summed E-state index contributed by atoms with van der Waals surface area (Å²) in [6, 6.07) is 3.98. The van der Waals surface area contributed by atoms with Gasteiger partial charge >= 0.3 is 0 Å². The molecule has 2 bridgehead atoms. The van der Waals surface area contributed by atoms with E-state index < -0.39 is 0 Å². The minimum absolute atomic E-state index is 0.194. The van der Waals surface area contributed by atoms with Crippen molar-refractivity contribution >= 4 is 11.6 Å². The van der Waals surface area contributed by atoms with E-state index in [1.54, 1.807) is 6.07 Å². The first kappa shape index (κ1) is 8.69. The Kier molecular flexibility index (Phi) is 1.83. The molecule has 0 saturated carbocycles. The van der Waals surface area contributed by atoms with Gasteiger partial charge < -0.3 is 5.32 Å². The largest absolute Gasteiger partial charge is 0.310 e. The SMILES string of the molecule is Fc1c(Cl)ccc2c1C1CCNC2C1. The van der Waals surface area contributed by atoms with Gasteiger partial charge in [0.2, 0.25) is 0 Å². The first-order valence-electron chi connectivity index (χ1n) is 4.98. The Bertz CT molecular complexity index is 391. The number of nitrogens with one attached hydrogen (secondary N) is 1. The molecule has 1 nitrogen and oxygen atoms in total. The second-order valence-corrected chi connectivity index (χ2v) is 4.50. The maximum atomic E-state index is 13.8. The van der Waals surface area contributed by atoms with Crippen molar-refractivity contribution in [2.75, 3.05) is 6.54 Å². The molecule has 0 aromatic heterocycles. The van der Waals surface area contributed by atoms with Crippen LogP contribution in [-0.2, 0) is 0 Å². The third-order valence-corrected chi connectivity index (χ3v) is 3.65. The van der Waals surface area contributed by atoms with E-state index in [1.807, 2.05) is 6.07 Å². The van der Waals surface area contributed by atoms with E-state index in [2.05, 4.69) is 5.32 Å². The van der Waals surface area contributed by atoms with Crippen LogP contribution in [0.25, 0.3) is 0 Å². The molecule has 1 aliphatic carbocycles. The summed E-state index contributed by atoms with van der Waals surface area (Å²) in [5.74, 6) is 0.190. The van der Waals surface area contributed by atoms with Crippen molar-refractivity contribution in [1.82, 2.24) is 5.32 Å². The summed E-state index contributed by atoms with van der Waals surface area (Å²) in [5.41, 5.74) is 1.99. The molecule has 3 rings (SSSR count). The maximum absolute atomic E-state index is 13.8. The van der Waals surface area contributed by atoms with Crippen LogP contribution in [-0.4, -0.2) is 6.54 Å². The van der Waals surface area contributed by atoms with Crippen molar-refractivity contribution in [3.63, 3.8) is 0 Å². The third kappa shape index (κ3) is 1.04. The van der Waals surface area contributed by atoms with Crippen LogP contribution in [0.4, 0.5) is 4.39 Å². The summed E-state index contributed by atoms with van der Waals surface area (Å²) < 4.78 is 13.8. The van der Waals surface area contributed by atoms with Gasteiger partial charge in [0.25, 0.3) is 0 Å². The van der Waals surface area contributed by atoms with E-state index in [1.165, 1.54) is 0 Å². The lowest BCUT2D eigenvalue weighted by molar-refractivity contribution is 0.406. The predicted octanol–water partition coefficient (Wildman–Crippen LogP) is 3.00. The third-order valence-electron chi connectivity index (χ3n) is 3.35. The minimum atomic E-state index is -0.194. The van der Waals surface area contributed by atoms with Gasteiger partial charge in [0.05, 0.1) is 5.02 Å². The van der Waals surface area contributed by atoms with Crippen molar-refractivity contribution in [1.29, 1.82) is 0 Å². The van der Waals surface area contributed by atoms with E-state index >= 15 is 0 Å². The highest BCUT2D eigenvalue weighted by atomic mass is 35.5. The number of fused-ring (bicyclic) bond motifs is 5. The van der Waals surface area contributed by atoms with E-state index in [-0.39, 0.29) is 10.8 Å². The topological polar surface area (TPSA) is 12.0 Å². The molecular weight excluding hydrogens is 201 g/mol. The molecule has 1 aromatic rings. The lowest BCUT2D eigenvalue weighted by Crippen LogP contribution is -2.24. The van der Waals surface area contributed by atoms with Gasteiger partial charge in [-0.2, -0.15) is 0 Å². The van der Waals surface area contributed by atoms with Gasteiger partial charge in [0, 0.05) is 6.04 Å². The highest BCUT2D eigenvalue weighted by Crippen LogP contribution is 2.46. The molecule has 14 heavy (non-hydrogen) atoms. The fraction of sp³-hybridized carbons (Fsp3) is 0.455. The zero-order chi connectivity index (χ0) is 9.71. The van der Waals surface area contributed by atoms with Gasteiger partial charge in [-0.25, -0.2) is 4.39 Å². The molecule has 3 heteroatoms. The van der Waals surface area contributed by atoms with Crippen molar-refractivity contribution < 1.29 is 4.39 Å². The molecule has 2 atom stereocenters. The standard InChI is InChI=1S/C11H11ClFN/c12-8-2-1-7-9-5-6(3-4-14-9)10(7)11(8)13/h1-2,6,9,14H,3-5H2. The first-order chi connectivity index (χ1) is 6.77. The Morgan fingerprint density at radius 2 is 2.29 bits per heavy atom. The number of rotatable bonds is 0. The van der Waals surface area contributed by atoms with E-state index in [4.69, 9.17) is 11.6 Å². The van der Waals surface area contributed by atoms with E-state index in [0.717, 1.165) is 30.5 Å². The van der Waals surface area contributed by atoms with E-state index in [0.29, 0.717) is 12.0 Å². The van der Waals surface area contributed by atoms with Crippen molar-refractivity contribution in [2.45, 2.75) is 24.8 Å². The highest BCUT2D eigenvalue weighted by Gasteiger charge is 2.36. The molecule has 2 aliphatic rings. The number of halogens is 2. The first-order valence-corrected chi connectivity index (χ1v) is 5.36. The van der Waals surface area contributed by atoms with Crippen LogP contribution < -0.4 is 5.32 Å². The summed E-state index contributed by atoms with van der Waals surface area (Å²) in [7, 11) is 0. The Morgan fingerprint density at radius 3 is 3.14 bits per heavy atom. The molecule has 0 spiro atoms. The van der Waals surface area contributed by atoms with Gasteiger partial charge in [0.15, 0.2) is 0 Å². The molecule has 0 radical (unpaired) electrons. The molecular formula is C11H11ClFN. The fourth-order valence-corrected chi connectivity index (χ4v) is 2.88. The Labute approximate surface area is 87.3 Å². The number of benzene rings is 1. The lowest BCUT2D eigenvalue weighted by Gasteiger charge is -2.20. The van der Waals surface area contributed by atoms with E-state index in [9.17, 15) is 4.39 Å². The zero-order valence-corrected chi connectivity index (χ0v) is 8.44. The predicted molar refractivity (Wildman–Crippen MR) is 54.1 cm³/mol. The quantitative estimate of drug-likeness (QED) is 0.696. The van der Waals surface area contributed by atoms with Crippen LogP contribution in [0.3, 0.4) is 0 Å². The Hall–Kier alpha value is -0.600. The molecule has 0 amide bonds. The number of hydrogen-bond acceptors (Lipinski definition) is 1. The molecule has 2 unspecified atom stereocenters. The molecule has 1 N–H and O–H groups in total. The van der Waals surface area contributed by atoms with Crippen molar-refractivity contribution in [3.8, 4) is 0 Å². The Morgan fingerprint density at radius 1 is 1.43 bits per heavy atom. The number of piperidine rings is 1. The fourth-order valence-electron chi connectivity index (χ4n) is 2.72. The second-order valence-electron chi connectivity index (χ2n) is 4.09. The van der Waals surface area contributed by atoms with Crippen LogP contribution in [0.5, 0.6) is 0 Å². The summed E-state index contributed by atoms with van der Waals surface area (Å²) in [6.07, 6.45) is 2.06. The second kappa shape index (κ2) is 2.94. The molecule has 1 fully saturated rings. The molecule has 74 valence electrons. The summed E-state index contributed by atoms with van der Waals surface area (Å²) in [5, 5.41) is 3.66. The normalized spacial score (nSPS) is 29.0. The minimum Gasteiger partial charge on any atom is -0.310 e. The average Bonchev–Trinajstić information content (AvgIpc) is 2.45. The number of hydrogen-bond donors (Lipinski definition) is 1. The van der Waals surface area contributed by atoms with Crippen molar-refractivity contribution in [3.05, 3.63) is 34.1 Å². The van der Waals surface area contributed by atoms with Crippen LogP contribution in [0, 0.1) is 5.82 Å². The van der Waals surface area contributed by atoms with Gasteiger partial charge in [-0.3, -0.25) is 0 Å². The van der Waals surface area contributed by atoms with Crippen molar-refractivity contribution in [2.24, 2.45) is 0 Å². The Balaban J connectivity index is 2.21. The summed E-state index contributed by atoms with van der Waals surface area (Å²) in [6.45, 7) is 0.987. The van der Waals surface area contributed by atoms with Crippen LogP contribution in [0.1, 0.15) is 35.9 Å². The van der Waals surface area contributed by atoms with Gasteiger partial charge in [-0.1, -0.05) is 17.7 Å². The molecule has 1 saturated heterocycles. The lowest BCUT2D eigenvalue weighted by atomic mass is 9.96. The monoisotopic (exact) mass is 211 g/mol. The molecule has 1 aromatic carbocycles. The molecule has 1 heterocycles. The van der Waals surface area contributed by atoms with Crippen LogP contribution in [0.15, 0.2) is 12.1 Å². The maximum Gasteiger partial charge on any atom is 0.145 e. The zero-order valence-electron chi connectivity index (χ0n) is 7.69. The van der Waals surface area contributed by atoms with Crippen LogP contribution in [0.2, 0.25) is 5.02 Å². The van der Waals surface area contributed by atoms with Crippen LogP contribution >= 0.6 is 11.6 Å². The van der Waals surface area contributed by atoms with Gasteiger partial charge in [0.1, 0.15) is 5.82 Å². The van der Waals surface area contributed by atoms with Gasteiger partial charge in [-0.05, 0) is 42.5 Å².